The maximum absolute atomic E-state index is 12.0. The molecule has 0 atom stereocenters. The topological polar surface area (TPSA) is 85.9 Å². The van der Waals surface area contributed by atoms with Gasteiger partial charge in [0.2, 0.25) is 0 Å². The molecular weight excluding hydrogens is 328 g/mol. The molecule has 0 saturated carbocycles. The van der Waals surface area contributed by atoms with E-state index < -0.39 is 0 Å². The van der Waals surface area contributed by atoms with Gasteiger partial charge in [-0.05, 0) is 32.1 Å². The predicted molar refractivity (Wildman–Crippen MR) is 103 cm³/mol. The third-order valence-electron chi connectivity index (χ3n) is 4.10. The first-order valence-electron chi connectivity index (χ1n) is 8.67. The number of H-pyrrole nitrogens is 1. The zero-order valence-electron chi connectivity index (χ0n) is 15.1. The maximum Gasteiger partial charge on any atom is 0.271 e. The fourth-order valence-electron chi connectivity index (χ4n) is 2.68. The van der Waals surface area contributed by atoms with Crippen LogP contribution in [0.4, 0.5) is 5.82 Å². The lowest BCUT2D eigenvalue weighted by molar-refractivity contribution is 0.0945. The van der Waals surface area contributed by atoms with Crippen LogP contribution in [0.3, 0.4) is 0 Å². The molecule has 0 radical (unpaired) electrons. The van der Waals surface area contributed by atoms with Crippen LogP contribution in [0.2, 0.25) is 0 Å². The van der Waals surface area contributed by atoms with Crippen molar-refractivity contribution >= 4 is 22.6 Å². The Labute approximate surface area is 152 Å². The van der Waals surface area contributed by atoms with Gasteiger partial charge >= 0.3 is 0 Å². The second-order valence-electron chi connectivity index (χ2n) is 6.38. The highest BCUT2D eigenvalue weighted by atomic mass is 16.1. The molecule has 1 amide bonds. The molecule has 7 nitrogen and oxygen atoms in total. The van der Waals surface area contributed by atoms with Crippen LogP contribution in [0.15, 0.2) is 42.9 Å². The van der Waals surface area contributed by atoms with E-state index in [4.69, 9.17) is 0 Å². The largest absolute Gasteiger partial charge is 0.368 e. The second-order valence-corrected chi connectivity index (χ2v) is 6.38. The minimum absolute atomic E-state index is 0.204. The number of hydrogen-bond donors (Lipinski definition) is 3. The summed E-state index contributed by atoms with van der Waals surface area (Å²) in [6.07, 6.45) is 6.01. The number of aromatic amines is 1. The minimum Gasteiger partial charge on any atom is -0.368 e. The van der Waals surface area contributed by atoms with Crippen molar-refractivity contribution in [1.29, 1.82) is 0 Å². The van der Waals surface area contributed by atoms with E-state index in [9.17, 15) is 4.79 Å². The Hall–Kier alpha value is -2.93. The van der Waals surface area contributed by atoms with Crippen molar-refractivity contribution in [2.75, 3.05) is 39.0 Å². The number of rotatable bonds is 8. The summed E-state index contributed by atoms with van der Waals surface area (Å²) in [6, 6.07) is 8.25. The first-order valence-corrected chi connectivity index (χ1v) is 8.67. The van der Waals surface area contributed by atoms with Crippen LogP contribution in [-0.2, 0) is 6.42 Å². The first-order chi connectivity index (χ1) is 12.6. The Kier molecular flexibility index (Phi) is 5.80. The van der Waals surface area contributed by atoms with E-state index in [-0.39, 0.29) is 5.91 Å². The molecule has 136 valence electrons. The molecular formula is C19H24N6O. The van der Waals surface area contributed by atoms with Crippen LogP contribution in [0.25, 0.3) is 10.9 Å². The predicted octanol–water partition coefficient (Wildman–Crippen LogP) is 1.90. The van der Waals surface area contributed by atoms with Gasteiger partial charge in [-0.1, -0.05) is 18.2 Å². The molecule has 0 spiro atoms. The zero-order chi connectivity index (χ0) is 18.4. The average molecular weight is 352 g/mol. The van der Waals surface area contributed by atoms with Crippen LogP contribution in [0, 0.1) is 0 Å². The highest BCUT2D eigenvalue weighted by molar-refractivity contribution is 5.92. The van der Waals surface area contributed by atoms with Crippen molar-refractivity contribution in [1.82, 2.24) is 25.2 Å². The summed E-state index contributed by atoms with van der Waals surface area (Å²) in [7, 11) is 3.92. The van der Waals surface area contributed by atoms with E-state index >= 15 is 0 Å². The normalized spacial score (nSPS) is 11.0. The van der Waals surface area contributed by atoms with E-state index in [1.54, 1.807) is 6.20 Å². The summed E-state index contributed by atoms with van der Waals surface area (Å²) >= 11 is 0. The molecule has 0 aliphatic rings. The summed E-state index contributed by atoms with van der Waals surface area (Å²) in [6.45, 7) is 2.11. The molecule has 0 saturated heterocycles. The number of benzene rings is 1. The van der Waals surface area contributed by atoms with Crippen molar-refractivity contribution in [2.24, 2.45) is 0 Å². The number of hydrogen-bond acceptors (Lipinski definition) is 5. The van der Waals surface area contributed by atoms with Gasteiger partial charge in [0.05, 0.1) is 12.4 Å². The molecule has 3 N–H and O–H groups in total. The van der Waals surface area contributed by atoms with Crippen LogP contribution >= 0.6 is 0 Å². The summed E-state index contributed by atoms with van der Waals surface area (Å²) in [5.41, 5.74) is 2.73. The molecule has 0 aliphatic heterocycles. The third-order valence-corrected chi connectivity index (χ3v) is 4.10. The zero-order valence-corrected chi connectivity index (χ0v) is 15.1. The van der Waals surface area contributed by atoms with Crippen LogP contribution in [0.1, 0.15) is 16.1 Å². The lowest BCUT2D eigenvalue weighted by atomic mass is 10.1. The Bertz CT molecular complexity index is 856. The Morgan fingerprint density at radius 1 is 1.15 bits per heavy atom. The molecule has 0 fully saturated rings. The van der Waals surface area contributed by atoms with Crippen LogP contribution in [-0.4, -0.2) is 59.5 Å². The van der Waals surface area contributed by atoms with Crippen LogP contribution in [0.5, 0.6) is 0 Å². The molecule has 3 rings (SSSR count). The van der Waals surface area contributed by atoms with Crippen molar-refractivity contribution in [3.8, 4) is 0 Å². The fraction of sp³-hybridized carbons (Fsp3) is 0.316. The maximum atomic E-state index is 12.0. The molecule has 0 unspecified atom stereocenters. The van der Waals surface area contributed by atoms with Gasteiger partial charge in [-0.2, -0.15) is 0 Å². The van der Waals surface area contributed by atoms with E-state index in [0.29, 0.717) is 18.1 Å². The average Bonchev–Trinajstić information content (AvgIpc) is 3.05. The summed E-state index contributed by atoms with van der Waals surface area (Å²) in [5.74, 6) is 0.458. The third kappa shape index (κ3) is 4.58. The lowest BCUT2D eigenvalue weighted by Gasteiger charge is -2.10. The van der Waals surface area contributed by atoms with E-state index in [1.165, 1.54) is 17.1 Å². The monoisotopic (exact) mass is 352 g/mol. The van der Waals surface area contributed by atoms with E-state index in [0.717, 1.165) is 25.0 Å². The molecule has 26 heavy (non-hydrogen) atoms. The van der Waals surface area contributed by atoms with Crippen molar-refractivity contribution in [2.45, 2.75) is 6.42 Å². The Morgan fingerprint density at radius 3 is 2.77 bits per heavy atom. The fourth-order valence-corrected chi connectivity index (χ4v) is 2.68. The number of anilines is 1. The summed E-state index contributed by atoms with van der Waals surface area (Å²) in [4.78, 5) is 25.7. The molecule has 2 aromatic heterocycles. The lowest BCUT2D eigenvalue weighted by Crippen LogP contribution is -2.31. The SMILES string of the molecule is CN(C)CCNC(=O)c1cnc(NCCc2c[nH]c3ccccc23)cn1. The minimum atomic E-state index is -0.204. The van der Waals surface area contributed by atoms with Crippen molar-refractivity contribution < 1.29 is 4.79 Å². The molecule has 7 heteroatoms. The summed E-state index contributed by atoms with van der Waals surface area (Å²) < 4.78 is 0. The molecule has 3 aromatic rings. The number of carbonyl (C=O) groups excluding carboxylic acids is 1. The van der Waals surface area contributed by atoms with Gasteiger partial charge in [0.1, 0.15) is 11.5 Å². The number of nitrogens with zero attached hydrogens (tertiary/aromatic N) is 3. The van der Waals surface area contributed by atoms with Crippen molar-refractivity contribution in [3.05, 3.63) is 54.1 Å². The van der Waals surface area contributed by atoms with Gasteiger partial charge in [0.25, 0.3) is 5.91 Å². The van der Waals surface area contributed by atoms with Gasteiger partial charge < -0.3 is 20.5 Å². The van der Waals surface area contributed by atoms with Gasteiger partial charge in [0.15, 0.2) is 0 Å². The van der Waals surface area contributed by atoms with E-state index in [1.807, 2.05) is 37.3 Å². The molecule has 0 bridgehead atoms. The molecule has 1 aromatic carbocycles. The first kappa shape index (κ1) is 17.9. The van der Waals surface area contributed by atoms with Crippen LogP contribution < -0.4 is 10.6 Å². The Morgan fingerprint density at radius 2 is 2.00 bits per heavy atom. The number of amides is 1. The number of nitrogens with one attached hydrogen (secondary N) is 3. The number of carbonyl (C=O) groups is 1. The number of fused-ring (bicyclic) bond motifs is 1. The van der Waals surface area contributed by atoms with Crippen molar-refractivity contribution in [3.63, 3.8) is 0 Å². The highest BCUT2D eigenvalue weighted by Crippen LogP contribution is 2.18. The van der Waals surface area contributed by atoms with Gasteiger partial charge in [0, 0.05) is 36.7 Å². The number of likely N-dealkylation sites (N-methyl/N-ethyl adjacent to an activating group) is 1. The molecule has 0 aliphatic carbocycles. The van der Waals surface area contributed by atoms with Gasteiger partial charge in [-0.3, -0.25) is 4.79 Å². The standard InChI is InChI=1S/C19H24N6O/c1-25(2)10-9-21-19(26)17-12-24-18(13-23-17)20-8-7-14-11-22-16-6-4-3-5-15(14)16/h3-6,11-13,22H,7-10H2,1-2H3,(H,20,24)(H,21,26). The van der Waals surface area contributed by atoms with E-state index in [2.05, 4.69) is 37.7 Å². The quantitative estimate of drug-likeness (QED) is 0.576. The Balaban J connectivity index is 1.49. The smallest absolute Gasteiger partial charge is 0.271 e. The summed E-state index contributed by atoms with van der Waals surface area (Å²) in [5, 5.41) is 7.31. The number of para-hydroxylation sites is 1. The van der Waals surface area contributed by atoms with Gasteiger partial charge in [-0.15, -0.1) is 0 Å². The second kappa shape index (κ2) is 8.44. The number of aromatic nitrogens is 3. The van der Waals surface area contributed by atoms with Gasteiger partial charge in [-0.25, -0.2) is 9.97 Å². The molecule has 2 heterocycles. The highest BCUT2D eigenvalue weighted by Gasteiger charge is 2.08.